The Kier molecular flexibility index (Phi) is 4.12. The molecule has 0 spiro atoms. The number of hydrogen-bond donors (Lipinski definition) is 1. The number of rotatable bonds is 4. The molecule has 0 saturated carbocycles. The molecule has 3 nitrogen and oxygen atoms in total. The van der Waals surface area contributed by atoms with Gasteiger partial charge in [-0.25, -0.2) is 0 Å². The molecule has 19 heavy (non-hydrogen) atoms. The van der Waals surface area contributed by atoms with E-state index in [2.05, 4.69) is 0 Å². The summed E-state index contributed by atoms with van der Waals surface area (Å²) in [6.45, 7) is 0. The minimum absolute atomic E-state index is 0.120. The molecule has 2 rings (SSSR count). The van der Waals surface area contributed by atoms with Gasteiger partial charge in [0, 0.05) is 10.5 Å². The van der Waals surface area contributed by atoms with E-state index < -0.39 is 0 Å². The summed E-state index contributed by atoms with van der Waals surface area (Å²) >= 11 is 1.50. The Balaban J connectivity index is 2.50. The van der Waals surface area contributed by atoms with Crippen molar-refractivity contribution >= 4 is 17.5 Å². The molecule has 98 valence electrons. The topological polar surface area (TPSA) is 46.5 Å². The largest absolute Gasteiger partial charge is 0.504 e. The number of thioether (sulfide) groups is 1. The number of methoxy groups -OCH3 is 1. The first kappa shape index (κ1) is 13.5. The van der Waals surface area contributed by atoms with Crippen molar-refractivity contribution in [1.29, 1.82) is 0 Å². The zero-order valence-electron chi connectivity index (χ0n) is 10.7. The maximum absolute atomic E-state index is 12.5. The van der Waals surface area contributed by atoms with E-state index in [4.69, 9.17) is 4.74 Å². The minimum Gasteiger partial charge on any atom is -0.504 e. The van der Waals surface area contributed by atoms with Crippen molar-refractivity contribution in [2.24, 2.45) is 0 Å². The van der Waals surface area contributed by atoms with Gasteiger partial charge in [-0.05, 0) is 30.5 Å². The van der Waals surface area contributed by atoms with E-state index in [0.29, 0.717) is 11.3 Å². The number of ketones is 1. The second-order valence-corrected chi connectivity index (χ2v) is 4.73. The van der Waals surface area contributed by atoms with Crippen molar-refractivity contribution in [3.8, 4) is 11.5 Å². The summed E-state index contributed by atoms with van der Waals surface area (Å²) in [6.07, 6.45) is 1.91. The van der Waals surface area contributed by atoms with Crippen LogP contribution in [0.1, 0.15) is 15.9 Å². The van der Waals surface area contributed by atoms with Gasteiger partial charge in [0.15, 0.2) is 17.3 Å². The normalized spacial score (nSPS) is 10.2. The van der Waals surface area contributed by atoms with Crippen LogP contribution in [-0.4, -0.2) is 24.3 Å². The Morgan fingerprint density at radius 3 is 2.47 bits per heavy atom. The second kappa shape index (κ2) is 5.80. The lowest BCUT2D eigenvalue weighted by molar-refractivity contribution is 0.103. The molecule has 2 aromatic rings. The first-order valence-electron chi connectivity index (χ1n) is 5.72. The molecule has 0 radical (unpaired) electrons. The van der Waals surface area contributed by atoms with Crippen LogP contribution in [0, 0.1) is 0 Å². The van der Waals surface area contributed by atoms with Crippen molar-refractivity contribution in [3.05, 3.63) is 53.6 Å². The lowest BCUT2D eigenvalue weighted by Crippen LogP contribution is -2.04. The predicted octanol–water partition coefficient (Wildman–Crippen LogP) is 3.35. The van der Waals surface area contributed by atoms with Gasteiger partial charge in [0.1, 0.15) is 0 Å². The average Bonchev–Trinajstić information content (AvgIpc) is 2.46. The van der Waals surface area contributed by atoms with Gasteiger partial charge in [-0.3, -0.25) is 4.79 Å². The summed E-state index contributed by atoms with van der Waals surface area (Å²) < 4.78 is 5.02. The molecule has 2 aromatic carbocycles. The monoisotopic (exact) mass is 274 g/mol. The van der Waals surface area contributed by atoms with Crippen molar-refractivity contribution < 1.29 is 14.6 Å². The highest BCUT2D eigenvalue weighted by Gasteiger charge is 2.18. The van der Waals surface area contributed by atoms with Gasteiger partial charge in [0.25, 0.3) is 0 Å². The second-order valence-electron chi connectivity index (χ2n) is 3.89. The fourth-order valence-electron chi connectivity index (χ4n) is 1.85. The van der Waals surface area contributed by atoms with Crippen LogP contribution in [0.2, 0.25) is 0 Å². The Morgan fingerprint density at radius 2 is 1.79 bits per heavy atom. The fourth-order valence-corrected chi connectivity index (χ4v) is 2.44. The molecule has 0 heterocycles. The Hall–Kier alpha value is -1.94. The summed E-state index contributed by atoms with van der Waals surface area (Å²) in [5.41, 5.74) is 0.833. The lowest BCUT2D eigenvalue weighted by Gasteiger charge is -2.10. The number of ether oxygens (including phenoxy) is 1. The van der Waals surface area contributed by atoms with Crippen LogP contribution in [0.3, 0.4) is 0 Å². The molecule has 4 heteroatoms. The smallest absolute Gasteiger partial charge is 0.198 e. The third-order valence-electron chi connectivity index (χ3n) is 2.82. The fraction of sp³-hybridized carbons (Fsp3) is 0.133. The zero-order chi connectivity index (χ0) is 13.8. The zero-order valence-corrected chi connectivity index (χ0v) is 11.5. The van der Waals surface area contributed by atoms with E-state index in [9.17, 15) is 9.90 Å². The highest BCUT2D eigenvalue weighted by Crippen LogP contribution is 2.32. The molecule has 0 amide bonds. The van der Waals surface area contributed by atoms with Crippen LogP contribution in [0.15, 0.2) is 47.4 Å². The van der Waals surface area contributed by atoms with E-state index in [1.807, 2.05) is 24.5 Å². The van der Waals surface area contributed by atoms with Gasteiger partial charge >= 0.3 is 0 Å². The van der Waals surface area contributed by atoms with E-state index in [-0.39, 0.29) is 17.1 Å². The quantitative estimate of drug-likeness (QED) is 0.686. The SMILES string of the molecule is COc1cccc(C(=O)c2ccccc2SC)c1O. The molecule has 0 saturated heterocycles. The van der Waals surface area contributed by atoms with E-state index in [1.54, 1.807) is 24.3 Å². The molecule has 1 N–H and O–H groups in total. The van der Waals surface area contributed by atoms with Gasteiger partial charge in [0.2, 0.25) is 0 Å². The Bertz CT molecular complexity index is 608. The van der Waals surface area contributed by atoms with Gasteiger partial charge in [-0.2, -0.15) is 0 Å². The summed E-state index contributed by atoms with van der Waals surface area (Å²) in [7, 11) is 1.46. The maximum Gasteiger partial charge on any atom is 0.198 e. The van der Waals surface area contributed by atoms with Crippen molar-refractivity contribution in [1.82, 2.24) is 0 Å². The average molecular weight is 274 g/mol. The molecule has 0 fully saturated rings. The van der Waals surface area contributed by atoms with Crippen LogP contribution >= 0.6 is 11.8 Å². The number of carbonyl (C=O) groups excluding carboxylic acids is 1. The minimum atomic E-state index is -0.207. The predicted molar refractivity (Wildman–Crippen MR) is 76.3 cm³/mol. The summed E-state index contributed by atoms with van der Waals surface area (Å²) in [5, 5.41) is 10.0. The first-order valence-corrected chi connectivity index (χ1v) is 6.95. The molecule has 0 unspecified atom stereocenters. The van der Waals surface area contributed by atoms with Crippen molar-refractivity contribution in [3.63, 3.8) is 0 Å². The molecule has 0 aromatic heterocycles. The number of para-hydroxylation sites is 1. The third-order valence-corrected chi connectivity index (χ3v) is 3.61. The van der Waals surface area contributed by atoms with Crippen LogP contribution in [0.5, 0.6) is 11.5 Å². The molecular weight excluding hydrogens is 260 g/mol. The van der Waals surface area contributed by atoms with Gasteiger partial charge in [0.05, 0.1) is 12.7 Å². The van der Waals surface area contributed by atoms with Crippen LogP contribution < -0.4 is 4.74 Å². The number of phenolic OH excluding ortho intramolecular Hbond substituents is 1. The van der Waals surface area contributed by atoms with Crippen molar-refractivity contribution in [2.75, 3.05) is 13.4 Å². The van der Waals surface area contributed by atoms with Crippen LogP contribution in [0.25, 0.3) is 0 Å². The number of benzene rings is 2. The highest BCUT2D eigenvalue weighted by atomic mass is 32.2. The number of hydrogen-bond acceptors (Lipinski definition) is 4. The van der Waals surface area contributed by atoms with Crippen molar-refractivity contribution in [2.45, 2.75) is 4.90 Å². The first-order chi connectivity index (χ1) is 9.19. The third kappa shape index (κ3) is 2.58. The Morgan fingerprint density at radius 1 is 1.11 bits per heavy atom. The highest BCUT2D eigenvalue weighted by molar-refractivity contribution is 7.98. The lowest BCUT2D eigenvalue weighted by atomic mass is 10.0. The molecule has 0 aliphatic heterocycles. The molecule has 0 aliphatic rings. The molecular formula is C15H14O3S. The summed E-state index contributed by atoms with van der Waals surface area (Å²) in [6, 6.07) is 12.2. The van der Waals surface area contributed by atoms with E-state index >= 15 is 0 Å². The van der Waals surface area contributed by atoms with Gasteiger partial charge in [-0.15, -0.1) is 11.8 Å². The molecule has 0 bridgehead atoms. The number of aromatic hydroxyl groups is 1. The summed E-state index contributed by atoms with van der Waals surface area (Å²) in [5.74, 6) is -0.0280. The maximum atomic E-state index is 12.5. The van der Waals surface area contributed by atoms with E-state index in [0.717, 1.165) is 4.90 Å². The molecule has 0 atom stereocenters. The standard InChI is InChI=1S/C15H14O3S/c1-18-12-8-5-7-11(15(12)17)14(16)10-6-3-4-9-13(10)19-2/h3-9,17H,1-2H3. The van der Waals surface area contributed by atoms with Gasteiger partial charge < -0.3 is 9.84 Å². The molecule has 0 aliphatic carbocycles. The van der Waals surface area contributed by atoms with E-state index in [1.165, 1.54) is 18.9 Å². The number of phenols is 1. The number of carbonyl (C=O) groups is 1. The van der Waals surface area contributed by atoms with Crippen LogP contribution in [-0.2, 0) is 0 Å². The Labute approximate surface area is 116 Å². The summed E-state index contributed by atoms with van der Waals surface area (Å²) in [4.78, 5) is 13.4. The van der Waals surface area contributed by atoms with Gasteiger partial charge in [-0.1, -0.05) is 18.2 Å². The van der Waals surface area contributed by atoms with Crippen LogP contribution in [0.4, 0.5) is 0 Å².